The second-order valence-electron chi connectivity index (χ2n) is 4.92. The molecular weight excluding hydrogens is 332 g/mol. The van der Waals surface area contributed by atoms with Gasteiger partial charge in [0.1, 0.15) is 0 Å². The first-order valence-corrected chi connectivity index (χ1v) is 8.49. The van der Waals surface area contributed by atoms with E-state index in [1.54, 1.807) is 0 Å². The Morgan fingerprint density at radius 1 is 1.25 bits per heavy atom. The van der Waals surface area contributed by atoms with Crippen LogP contribution in [0.2, 0.25) is 0 Å². The minimum Gasteiger partial charge on any atom is -0.329 e. The minimum absolute atomic E-state index is 0.285. The number of aryl methyl sites for hydroxylation is 1. The van der Waals surface area contributed by atoms with Crippen LogP contribution in [0.1, 0.15) is 28.3 Å². The SMILES string of the molecule is CCc1ccc(C(CN)N(C)Cc2ccccc2Br)s1. The molecule has 2 rings (SSSR count). The van der Waals surface area contributed by atoms with Crippen LogP contribution in [0.15, 0.2) is 40.9 Å². The van der Waals surface area contributed by atoms with Crippen molar-refractivity contribution in [2.45, 2.75) is 25.9 Å². The number of rotatable bonds is 6. The van der Waals surface area contributed by atoms with Gasteiger partial charge in [-0.1, -0.05) is 41.1 Å². The summed E-state index contributed by atoms with van der Waals surface area (Å²) >= 11 is 5.49. The molecule has 0 spiro atoms. The first-order chi connectivity index (χ1) is 9.65. The summed E-state index contributed by atoms with van der Waals surface area (Å²) in [5.74, 6) is 0. The van der Waals surface area contributed by atoms with E-state index in [0.29, 0.717) is 6.54 Å². The van der Waals surface area contributed by atoms with Crippen LogP contribution in [-0.4, -0.2) is 18.5 Å². The minimum atomic E-state index is 0.285. The van der Waals surface area contributed by atoms with Crippen LogP contribution in [0.5, 0.6) is 0 Å². The highest BCUT2D eigenvalue weighted by Crippen LogP contribution is 2.28. The van der Waals surface area contributed by atoms with E-state index in [-0.39, 0.29) is 6.04 Å². The van der Waals surface area contributed by atoms with Crippen molar-refractivity contribution in [3.63, 3.8) is 0 Å². The number of benzene rings is 1. The third kappa shape index (κ3) is 3.70. The molecule has 1 atom stereocenters. The van der Waals surface area contributed by atoms with Crippen LogP contribution >= 0.6 is 27.3 Å². The maximum absolute atomic E-state index is 6.00. The molecule has 2 nitrogen and oxygen atoms in total. The van der Waals surface area contributed by atoms with E-state index in [0.717, 1.165) is 17.4 Å². The molecule has 2 aromatic rings. The van der Waals surface area contributed by atoms with Crippen molar-refractivity contribution in [2.24, 2.45) is 5.73 Å². The summed E-state index contributed by atoms with van der Waals surface area (Å²) < 4.78 is 1.16. The zero-order valence-electron chi connectivity index (χ0n) is 12.0. The quantitative estimate of drug-likeness (QED) is 0.843. The van der Waals surface area contributed by atoms with Crippen molar-refractivity contribution in [3.8, 4) is 0 Å². The average molecular weight is 353 g/mol. The molecule has 0 amide bonds. The lowest BCUT2D eigenvalue weighted by Crippen LogP contribution is -2.29. The van der Waals surface area contributed by atoms with Gasteiger partial charge in [-0.05, 0) is 37.2 Å². The van der Waals surface area contributed by atoms with Gasteiger partial charge in [0.05, 0.1) is 6.04 Å². The van der Waals surface area contributed by atoms with Crippen molar-refractivity contribution in [1.29, 1.82) is 0 Å². The first-order valence-electron chi connectivity index (χ1n) is 6.88. The largest absolute Gasteiger partial charge is 0.329 e. The molecule has 0 saturated heterocycles. The number of nitrogens with zero attached hydrogens (tertiary/aromatic N) is 1. The maximum Gasteiger partial charge on any atom is 0.0564 e. The summed E-state index contributed by atoms with van der Waals surface area (Å²) in [6.07, 6.45) is 1.09. The number of likely N-dealkylation sites (N-methyl/N-ethyl adjacent to an activating group) is 1. The molecule has 20 heavy (non-hydrogen) atoms. The Hall–Kier alpha value is -0.680. The Labute approximate surface area is 133 Å². The molecular formula is C16H21BrN2S. The van der Waals surface area contributed by atoms with E-state index in [4.69, 9.17) is 5.73 Å². The molecule has 2 N–H and O–H groups in total. The van der Waals surface area contributed by atoms with Crippen molar-refractivity contribution < 1.29 is 0 Å². The number of halogens is 1. The number of hydrogen-bond acceptors (Lipinski definition) is 3. The Bertz CT molecular complexity index is 553. The van der Waals surface area contributed by atoms with Crippen molar-refractivity contribution in [2.75, 3.05) is 13.6 Å². The Morgan fingerprint density at radius 3 is 2.60 bits per heavy atom. The van der Waals surface area contributed by atoms with Gasteiger partial charge in [-0.2, -0.15) is 0 Å². The second kappa shape index (κ2) is 7.36. The van der Waals surface area contributed by atoms with Gasteiger partial charge in [-0.25, -0.2) is 0 Å². The topological polar surface area (TPSA) is 29.3 Å². The lowest BCUT2D eigenvalue weighted by molar-refractivity contribution is 0.245. The monoisotopic (exact) mass is 352 g/mol. The van der Waals surface area contributed by atoms with Gasteiger partial charge in [0.25, 0.3) is 0 Å². The number of thiophene rings is 1. The molecule has 1 unspecified atom stereocenters. The lowest BCUT2D eigenvalue weighted by Gasteiger charge is -2.26. The van der Waals surface area contributed by atoms with E-state index in [1.807, 2.05) is 17.4 Å². The van der Waals surface area contributed by atoms with E-state index in [2.05, 4.69) is 65.1 Å². The third-order valence-electron chi connectivity index (χ3n) is 3.49. The first kappa shape index (κ1) is 15.7. The molecule has 1 aromatic heterocycles. The summed E-state index contributed by atoms with van der Waals surface area (Å²) in [5.41, 5.74) is 7.29. The van der Waals surface area contributed by atoms with Gasteiger partial charge in [-0.3, -0.25) is 4.90 Å². The lowest BCUT2D eigenvalue weighted by atomic mass is 10.1. The number of nitrogens with two attached hydrogens (primary N) is 1. The fourth-order valence-electron chi connectivity index (χ4n) is 2.28. The maximum atomic E-state index is 6.00. The Kier molecular flexibility index (Phi) is 5.78. The molecule has 0 aliphatic heterocycles. The van der Waals surface area contributed by atoms with E-state index >= 15 is 0 Å². The normalized spacial score (nSPS) is 12.8. The molecule has 108 valence electrons. The summed E-state index contributed by atoms with van der Waals surface area (Å²) in [5, 5.41) is 0. The molecule has 0 saturated carbocycles. The Balaban J connectivity index is 2.13. The molecule has 0 aliphatic carbocycles. The predicted molar refractivity (Wildman–Crippen MR) is 91.1 cm³/mol. The Morgan fingerprint density at radius 2 is 2.00 bits per heavy atom. The van der Waals surface area contributed by atoms with Crippen molar-refractivity contribution in [1.82, 2.24) is 4.90 Å². The van der Waals surface area contributed by atoms with Gasteiger partial charge in [0.2, 0.25) is 0 Å². The van der Waals surface area contributed by atoms with Crippen LogP contribution in [0, 0.1) is 0 Å². The molecule has 0 bridgehead atoms. The fraction of sp³-hybridized carbons (Fsp3) is 0.375. The predicted octanol–water partition coefficient (Wildman–Crippen LogP) is 4.20. The van der Waals surface area contributed by atoms with Gasteiger partial charge < -0.3 is 5.73 Å². The molecule has 1 heterocycles. The second-order valence-corrected chi connectivity index (χ2v) is 6.97. The van der Waals surface area contributed by atoms with Crippen LogP contribution in [-0.2, 0) is 13.0 Å². The van der Waals surface area contributed by atoms with E-state index < -0.39 is 0 Å². The molecule has 4 heteroatoms. The standard InChI is InChI=1S/C16H21BrN2S/c1-3-13-8-9-16(20-13)15(10-18)19(2)11-12-6-4-5-7-14(12)17/h4-9,15H,3,10-11,18H2,1-2H3. The summed E-state index contributed by atoms with van der Waals surface area (Å²) in [6, 6.07) is 13.1. The van der Waals surface area contributed by atoms with Crippen molar-refractivity contribution in [3.05, 3.63) is 56.2 Å². The van der Waals surface area contributed by atoms with Gasteiger partial charge in [-0.15, -0.1) is 11.3 Å². The van der Waals surface area contributed by atoms with E-state index in [1.165, 1.54) is 15.3 Å². The summed E-state index contributed by atoms with van der Waals surface area (Å²) in [6.45, 7) is 3.73. The summed E-state index contributed by atoms with van der Waals surface area (Å²) in [4.78, 5) is 5.11. The fourth-order valence-corrected chi connectivity index (χ4v) is 3.82. The molecule has 0 radical (unpaired) electrons. The zero-order chi connectivity index (χ0) is 14.5. The van der Waals surface area contributed by atoms with Crippen molar-refractivity contribution >= 4 is 27.3 Å². The molecule has 1 aromatic carbocycles. The number of hydrogen-bond donors (Lipinski definition) is 1. The average Bonchev–Trinajstić information content (AvgIpc) is 2.91. The van der Waals surface area contributed by atoms with Crippen LogP contribution in [0.25, 0.3) is 0 Å². The highest BCUT2D eigenvalue weighted by Gasteiger charge is 2.18. The summed E-state index contributed by atoms with van der Waals surface area (Å²) in [7, 11) is 2.14. The zero-order valence-corrected chi connectivity index (χ0v) is 14.4. The third-order valence-corrected chi connectivity index (χ3v) is 5.60. The van der Waals surface area contributed by atoms with Crippen LogP contribution < -0.4 is 5.73 Å². The van der Waals surface area contributed by atoms with Gasteiger partial charge >= 0.3 is 0 Å². The highest BCUT2D eigenvalue weighted by molar-refractivity contribution is 9.10. The van der Waals surface area contributed by atoms with Gasteiger partial charge in [0, 0.05) is 27.3 Å². The molecule has 0 fully saturated rings. The van der Waals surface area contributed by atoms with Gasteiger partial charge in [0.15, 0.2) is 0 Å². The smallest absolute Gasteiger partial charge is 0.0564 e. The highest BCUT2D eigenvalue weighted by atomic mass is 79.9. The van der Waals surface area contributed by atoms with Crippen LogP contribution in [0.4, 0.5) is 0 Å². The van der Waals surface area contributed by atoms with E-state index in [9.17, 15) is 0 Å². The van der Waals surface area contributed by atoms with Crippen LogP contribution in [0.3, 0.4) is 0 Å². The molecule has 0 aliphatic rings.